The van der Waals surface area contributed by atoms with Crippen LogP contribution in [0.4, 0.5) is 5.69 Å². The highest BCUT2D eigenvalue weighted by Gasteiger charge is 2.32. The first kappa shape index (κ1) is 25.4. The fourth-order valence-electron chi connectivity index (χ4n) is 4.56. The van der Waals surface area contributed by atoms with E-state index in [0.29, 0.717) is 38.0 Å². The fourth-order valence-corrected chi connectivity index (χ4v) is 5.61. The van der Waals surface area contributed by atoms with Crippen molar-refractivity contribution in [2.24, 2.45) is 4.99 Å². The molecule has 0 radical (unpaired) electrons. The molecular formula is C31H29N3O3S. The minimum absolute atomic E-state index is 0.181. The molecule has 6 nitrogen and oxygen atoms in total. The largest absolute Gasteiger partial charge is 0.497 e. The number of hydrogen-bond acceptors (Lipinski definition) is 5. The van der Waals surface area contributed by atoms with Crippen LogP contribution in [0.25, 0.3) is 6.08 Å². The third-order valence-electron chi connectivity index (χ3n) is 6.63. The molecule has 1 unspecified atom stereocenters. The summed E-state index contributed by atoms with van der Waals surface area (Å²) in [6, 6.07) is 24.3. The second kappa shape index (κ2) is 10.6. The van der Waals surface area contributed by atoms with Crippen LogP contribution in [0.1, 0.15) is 49.4 Å². The lowest BCUT2D eigenvalue weighted by atomic mass is 9.95. The molecule has 0 bridgehead atoms. The number of carbonyl (C=O) groups excluding carboxylic acids is 1. The monoisotopic (exact) mass is 523 g/mol. The first-order valence-corrected chi connectivity index (χ1v) is 13.3. The van der Waals surface area contributed by atoms with Gasteiger partial charge in [-0.1, -0.05) is 79.8 Å². The molecule has 1 aliphatic heterocycles. The molecule has 0 aliphatic carbocycles. The first-order chi connectivity index (χ1) is 18.4. The van der Waals surface area contributed by atoms with Crippen molar-refractivity contribution in [1.82, 2.24) is 4.57 Å². The topological polar surface area (TPSA) is 72.7 Å². The quantitative estimate of drug-likeness (QED) is 0.386. The van der Waals surface area contributed by atoms with Gasteiger partial charge in [0.1, 0.15) is 5.75 Å². The Hall–Kier alpha value is -4.23. The van der Waals surface area contributed by atoms with Gasteiger partial charge in [-0.3, -0.25) is 14.2 Å². The number of thiazole rings is 1. The average Bonchev–Trinajstić information content (AvgIpc) is 3.22. The maximum atomic E-state index is 13.8. The van der Waals surface area contributed by atoms with E-state index in [-0.39, 0.29) is 11.5 Å². The molecule has 1 atom stereocenters. The molecule has 5 rings (SSSR count). The summed E-state index contributed by atoms with van der Waals surface area (Å²) in [5.74, 6) is 0.834. The maximum Gasteiger partial charge on any atom is 0.271 e. The number of ether oxygens (including phenoxy) is 1. The van der Waals surface area contributed by atoms with Crippen LogP contribution in [0.15, 0.2) is 99.9 Å². The molecule has 1 aliphatic rings. The summed E-state index contributed by atoms with van der Waals surface area (Å²) in [4.78, 5) is 32.7. The molecule has 1 amide bonds. The van der Waals surface area contributed by atoms with E-state index in [2.05, 4.69) is 31.3 Å². The minimum Gasteiger partial charge on any atom is -0.497 e. The molecule has 0 fully saturated rings. The summed E-state index contributed by atoms with van der Waals surface area (Å²) in [5.41, 5.74) is 4.49. The van der Waals surface area contributed by atoms with Crippen molar-refractivity contribution in [3.8, 4) is 5.75 Å². The second-order valence-electron chi connectivity index (χ2n) is 9.50. The van der Waals surface area contributed by atoms with Gasteiger partial charge >= 0.3 is 0 Å². The Bertz CT molecular complexity index is 1680. The minimum atomic E-state index is -0.633. The Labute approximate surface area is 225 Å². The Kier molecular flexibility index (Phi) is 7.11. The smallest absolute Gasteiger partial charge is 0.271 e. The standard InChI is InChI=1S/C31H29N3O3S/c1-19(2)22-12-10-21(11-13-22)18-26-30(36)34-28(23-14-16-25(37-4)17-15-23)27(20(3)32-31(34)38-26)29(35)33-24-8-6-5-7-9-24/h5-19,28H,1-4H3,(H,33,35)/b26-18-. The SMILES string of the molecule is COc1ccc(C2C(C(=O)Nc3ccccc3)=C(C)N=c3s/c(=C\c4ccc(C(C)C)cc4)c(=O)n32)cc1. The number of hydrogen-bond donors (Lipinski definition) is 1. The number of anilines is 1. The summed E-state index contributed by atoms with van der Waals surface area (Å²) in [7, 11) is 1.61. The van der Waals surface area contributed by atoms with Crippen LogP contribution in [0.3, 0.4) is 0 Å². The molecule has 2 heterocycles. The fraction of sp³-hybridized carbons (Fsp3) is 0.194. The zero-order valence-electron chi connectivity index (χ0n) is 21.8. The van der Waals surface area contributed by atoms with Crippen LogP contribution in [-0.2, 0) is 4.79 Å². The number of carbonyl (C=O) groups is 1. The number of amides is 1. The van der Waals surface area contributed by atoms with Crippen molar-refractivity contribution in [3.63, 3.8) is 0 Å². The normalized spacial score (nSPS) is 15.3. The third kappa shape index (κ3) is 4.97. The summed E-state index contributed by atoms with van der Waals surface area (Å²) in [6.45, 7) is 6.12. The van der Waals surface area contributed by atoms with Gasteiger partial charge in [0.2, 0.25) is 0 Å². The molecule has 3 aromatic carbocycles. The lowest BCUT2D eigenvalue weighted by molar-refractivity contribution is -0.113. The number of nitrogens with one attached hydrogen (secondary N) is 1. The summed E-state index contributed by atoms with van der Waals surface area (Å²) >= 11 is 1.33. The number of methoxy groups -OCH3 is 1. The Morgan fingerprint density at radius 2 is 1.71 bits per heavy atom. The molecule has 1 aromatic heterocycles. The van der Waals surface area contributed by atoms with Crippen LogP contribution in [0.2, 0.25) is 0 Å². The third-order valence-corrected chi connectivity index (χ3v) is 7.61. The number of fused-ring (bicyclic) bond motifs is 1. The molecule has 0 saturated carbocycles. The Morgan fingerprint density at radius 3 is 2.34 bits per heavy atom. The maximum absolute atomic E-state index is 13.8. The van der Waals surface area contributed by atoms with Crippen LogP contribution >= 0.6 is 11.3 Å². The number of benzene rings is 3. The lowest BCUT2D eigenvalue weighted by Gasteiger charge is -2.25. The van der Waals surface area contributed by atoms with E-state index in [1.54, 1.807) is 11.7 Å². The second-order valence-corrected chi connectivity index (χ2v) is 10.5. The first-order valence-electron chi connectivity index (χ1n) is 12.5. The van der Waals surface area contributed by atoms with Crippen molar-refractivity contribution in [3.05, 3.63) is 127 Å². The Balaban J connectivity index is 1.64. The van der Waals surface area contributed by atoms with Gasteiger partial charge in [-0.05, 0) is 59.9 Å². The Morgan fingerprint density at radius 1 is 1.03 bits per heavy atom. The average molecular weight is 524 g/mol. The number of aromatic nitrogens is 1. The van der Waals surface area contributed by atoms with Crippen molar-refractivity contribution in [2.75, 3.05) is 12.4 Å². The van der Waals surface area contributed by atoms with Gasteiger partial charge < -0.3 is 10.1 Å². The molecular weight excluding hydrogens is 494 g/mol. The van der Waals surface area contributed by atoms with E-state index < -0.39 is 6.04 Å². The van der Waals surface area contributed by atoms with Gasteiger partial charge in [0.05, 0.1) is 29.0 Å². The van der Waals surface area contributed by atoms with E-state index in [4.69, 9.17) is 9.73 Å². The van der Waals surface area contributed by atoms with E-state index in [0.717, 1.165) is 11.1 Å². The van der Waals surface area contributed by atoms with E-state index in [9.17, 15) is 9.59 Å². The molecule has 1 N–H and O–H groups in total. The lowest BCUT2D eigenvalue weighted by Crippen LogP contribution is -2.40. The highest BCUT2D eigenvalue weighted by atomic mass is 32.1. The summed E-state index contributed by atoms with van der Waals surface area (Å²) in [6.07, 6.45) is 1.89. The van der Waals surface area contributed by atoms with Crippen molar-refractivity contribution in [2.45, 2.75) is 32.7 Å². The number of nitrogens with zero attached hydrogens (tertiary/aromatic N) is 2. The summed E-state index contributed by atoms with van der Waals surface area (Å²) in [5, 5.41) is 2.97. The predicted octanol–water partition coefficient (Wildman–Crippen LogP) is 5.01. The number of para-hydroxylation sites is 1. The van der Waals surface area contributed by atoms with Gasteiger partial charge in [-0.15, -0.1) is 0 Å². The van der Waals surface area contributed by atoms with Gasteiger partial charge in [0.25, 0.3) is 11.5 Å². The van der Waals surface area contributed by atoms with E-state index in [1.807, 2.05) is 79.7 Å². The van der Waals surface area contributed by atoms with Crippen LogP contribution in [0.5, 0.6) is 5.75 Å². The van der Waals surface area contributed by atoms with E-state index >= 15 is 0 Å². The zero-order chi connectivity index (χ0) is 26.8. The van der Waals surface area contributed by atoms with Gasteiger partial charge in [-0.25, -0.2) is 4.99 Å². The van der Waals surface area contributed by atoms with Gasteiger partial charge in [0, 0.05) is 5.69 Å². The zero-order valence-corrected chi connectivity index (χ0v) is 22.6. The molecule has 0 saturated heterocycles. The van der Waals surface area contributed by atoms with Crippen molar-refractivity contribution in [1.29, 1.82) is 0 Å². The number of allylic oxidation sites excluding steroid dienone is 1. The van der Waals surface area contributed by atoms with E-state index in [1.165, 1.54) is 16.9 Å². The molecule has 4 aromatic rings. The van der Waals surface area contributed by atoms with Crippen LogP contribution in [-0.4, -0.2) is 17.6 Å². The highest BCUT2D eigenvalue weighted by molar-refractivity contribution is 7.07. The van der Waals surface area contributed by atoms with Crippen LogP contribution < -0.4 is 24.9 Å². The highest BCUT2D eigenvalue weighted by Crippen LogP contribution is 2.31. The number of rotatable bonds is 6. The molecule has 192 valence electrons. The van der Waals surface area contributed by atoms with Gasteiger partial charge in [0.15, 0.2) is 4.80 Å². The summed E-state index contributed by atoms with van der Waals surface area (Å²) < 4.78 is 7.54. The molecule has 7 heteroatoms. The van der Waals surface area contributed by atoms with Gasteiger partial charge in [-0.2, -0.15) is 0 Å². The molecule has 0 spiro atoms. The molecule has 38 heavy (non-hydrogen) atoms. The van der Waals surface area contributed by atoms with Crippen molar-refractivity contribution < 1.29 is 9.53 Å². The predicted molar refractivity (Wildman–Crippen MR) is 152 cm³/mol. The van der Waals surface area contributed by atoms with Crippen molar-refractivity contribution >= 4 is 29.0 Å². The van der Waals surface area contributed by atoms with Crippen LogP contribution in [0, 0.1) is 0 Å².